The first kappa shape index (κ1) is 102. The highest BCUT2D eigenvalue weighted by molar-refractivity contribution is 5.76. The second-order valence-electron chi connectivity index (χ2n) is 31.5. The fourth-order valence-corrected chi connectivity index (χ4v) is 13.6. The Balaban J connectivity index is 0.000000282. The van der Waals surface area contributed by atoms with Crippen LogP contribution in [0.5, 0.6) is 34.5 Å². The molecule has 120 heavy (non-hydrogen) atoms. The van der Waals surface area contributed by atoms with Crippen LogP contribution < -0.4 is 44.4 Å². The lowest BCUT2D eigenvalue weighted by Crippen LogP contribution is -2.65. The summed E-state index contributed by atoms with van der Waals surface area (Å²) in [6.07, 6.45) is -9.72. The number of benzene rings is 3. The van der Waals surface area contributed by atoms with Gasteiger partial charge in [-0.1, -0.05) is 96.2 Å². The maximum Gasteiger partial charge on any atom is 0.229 e. The molecule has 4 saturated heterocycles. The van der Waals surface area contributed by atoms with Crippen molar-refractivity contribution < 1.29 is 158 Å². The lowest BCUT2D eigenvalue weighted by molar-refractivity contribution is -0.352. The first-order valence-electron chi connectivity index (χ1n) is 41.3. The molecule has 0 radical (unpaired) electrons. The van der Waals surface area contributed by atoms with E-state index in [1.165, 1.54) is 21.3 Å². The van der Waals surface area contributed by atoms with Crippen LogP contribution >= 0.6 is 0 Å². The number of ether oxygens (including phenoxy) is 12. The van der Waals surface area contributed by atoms with E-state index in [2.05, 4.69) is 93.9 Å². The van der Waals surface area contributed by atoms with Gasteiger partial charge in [0.25, 0.3) is 0 Å². The van der Waals surface area contributed by atoms with E-state index in [9.17, 15) is 101 Å². The molecule has 24 atom stereocenters. The van der Waals surface area contributed by atoms with Gasteiger partial charge in [-0.15, -0.1) is 0 Å². The normalized spacial score (nSPS) is 30.2. The molecule has 5 fully saturated rings. The van der Waals surface area contributed by atoms with Gasteiger partial charge in [0.15, 0.2) is 40.8 Å². The molecule has 3 aromatic carbocycles. The monoisotopic (exact) mass is 1710 g/mol. The van der Waals surface area contributed by atoms with Crippen LogP contribution in [0.3, 0.4) is 0 Å². The average Bonchev–Trinajstić information content (AvgIpc) is 0.784. The first-order chi connectivity index (χ1) is 57.3. The van der Waals surface area contributed by atoms with Crippen molar-refractivity contribution in [3.63, 3.8) is 0 Å². The van der Waals surface area contributed by atoms with Gasteiger partial charge in [0.1, 0.15) is 97.7 Å². The summed E-state index contributed by atoms with van der Waals surface area (Å²) in [5.41, 5.74) is 2.30. The molecule has 3 amide bonds. The van der Waals surface area contributed by atoms with Crippen molar-refractivity contribution >= 4 is 17.7 Å². The maximum absolute atomic E-state index is 12.3. The summed E-state index contributed by atoms with van der Waals surface area (Å²) in [7, 11) is 4.32. The number of carbonyl (C=O) groups excluding carboxylic acids is 3. The van der Waals surface area contributed by atoms with Crippen LogP contribution in [0.15, 0.2) is 91.1 Å². The van der Waals surface area contributed by atoms with Crippen molar-refractivity contribution in [2.24, 2.45) is 23.7 Å². The van der Waals surface area contributed by atoms with Gasteiger partial charge in [-0.25, -0.2) is 0 Å². The summed E-state index contributed by atoms with van der Waals surface area (Å²) < 4.78 is 67.6. The summed E-state index contributed by atoms with van der Waals surface area (Å²) in [6, 6.07) is 15.0. The molecule has 35 heteroatoms. The van der Waals surface area contributed by atoms with Crippen LogP contribution in [-0.4, -0.2) is 300 Å². The Morgan fingerprint density at radius 2 is 0.725 bits per heavy atom. The largest absolute Gasteiger partial charge is 0.493 e. The van der Waals surface area contributed by atoms with Crippen LogP contribution in [0.2, 0.25) is 0 Å². The summed E-state index contributed by atoms with van der Waals surface area (Å²) in [4.78, 5) is 36.7. The third-order valence-corrected chi connectivity index (χ3v) is 20.7. The molecule has 8 rings (SSSR count). The number of rotatable bonds is 42. The molecule has 20 N–H and O–H groups in total. The van der Waals surface area contributed by atoms with E-state index in [1.54, 1.807) is 54.6 Å². The van der Waals surface area contributed by atoms with Gasteiger partial charge in [-0.2, -0.15) is 0 Å². The molecule has 680 valence electrons. The van der Waals surface area contributed by atoms with Crippen LogP contribution in [0.1, 0.15) is 148 Å². The highest BCUT2D eigenvalue weighted by atomic mass is 16.7. The van der Waals surface area contributed by atoms with E-state index in [0.29, 0.717) is 61.6 Å². The lowest BCUT2D eigenvalue weighted by atomic mass is 9.81. The smallest absolute Gasteiger partial charge is 0.229 e. The van der Waals surface area contributed by atoms with Crippen molar-refractivity contribution in [2.45, 2.75) is 292 Å². The van der Waals surface area contributed by atoms with Gasteiger partial charge in [0, 0.05) is 57.8 Å². The molecule has 1 aliphatic carbocycles. The fourth-order valence-electron chi connectivity index (χ4n) is 13.6. The minimum Gasteiger partial charge on any atom is -0.493 e. The lowest BCUT2D eigenvalue weighted by Gasteiger charge is -2.45. The van der Waals surface area contributed by atoms with E-state index in [0.717, 1.165) is 74.5 Å². The number of hydrogen-bond acceptors (Lipinski definition) is 32. The summed E-state index contributed by atoms with van der Waals surface area (Å²) in [5.74, 6) is 2.33. The zero-order valence-corrected chi connectivity index (χ0v) is 70.0. The van der Waals surface area contributed by atoms with Gasteiger partial charge in [0.05, 0.1) is 66.1 Å². The van der Waals surface area contributed by atoms with Gasteiger partial charge < -0.3 is 160 Å². The molecule has 4 aliphatic heterocycles. The van der Waals surface area contributed by atoms with Crippen LogP contribution in [0.25, 0.3) is 0 Å². The fraction of sp³-hybridized carbons (Fsp3) is 0.682. The number of nitrogens with one attached hydrogen (secondary N) is 3. The second kappa shape index (κ2) is 52.7. The van der Waals surface area contributed by atoms with E-state index in [4.69, 9.17) is 56.8 Å². The van der Waals surface area contributed by atoms with Crippen LogP contribution in [0.4, 0.5) is 0 Å². The van der Waals surface area contributed by atoms with Gasteiger partial charge >= 0.3 is 0 Å². The number of carbonyl (C=O) groups is 3. The standard InChI is InChI=1S/C31H49NO11.C30H47NO13.C24H37NO8/c1-18(2)8-6-4-5-7-9-27(36)32-15-19-10-11-22(23(12-19)40-3)42-31-25(14-21(35)26(17-34)43-31)41-24-13-20(16-33)28(37)30(39)29(24)38;1-16(2)8-6-4-5-7-9-22(34)31-13-17-10-11-18(19(12-17)40-3)41-30-27(39)28(24(36)21(15-33)43-30)44-29-26(38)25(37)23(35)20(14-32)42-29;1-15(2)8-6-4-5-7-9-20(27)25-13-16-10-11-17(18(12-16)31-3)32-24-23(30)22(29)21(28)19(14-26)33-24/h6,8,10-12,18,20-21,24-26,28-31,33-35,37-39H,4-5,7,9,13-17H2,1-3H3,(H,32,36);6,8,10-12,16,20-21,23-30,32-33,35-39H,4-5,7,9,13-15H2,1-3H3,(H,31,34);6,8,10-12,15,19,21-24,26,28-30H,4-5,7,9,13-14H2,1-3H3,(H,25,27)/b3*8-6+/t20-,21+,24-,25-,26-,28-,29+,30+,31-;20-,21-,23-,24-,25+,26-,27-,28+,29+,30-;19-,21-,22+,23-,24-/m111/s1. The zero-order chi connectivity index (χ0) is 88.3. The minimum atomic E-state index is -1.79. The van der Waals surface area contributed by atoms with E-state index < -0.39 is 180 Å². The number of methoxy groups -OCH3 is 3. The van der Waals surface area contributed by atoms with Crippen molar-refractivity contribution in [1.82, 2.24) is 16.0 Å². The van der Waals surface area contributed by atoms with E-state index in [-0.39, 0.29) is 60.1 Å². The van der Waals surface area contributed by atoms with Crippen molar-refractivity contribution in [3.05, 3.63) is 108 Å². The predicted molar refractivity (Wildman–Crippen MR) is 432 cm³/mol. The highest BCUT2D eigenvalue weighted by Gasteiger charge is 2.53. The quantitative estimate of drug-likeness (QED) is 0.0279. The van der Waals surface area contributed by atoms with Crippen molar-refractivity contribution in [2.75, 3.05) is 54.4 Å². The van der Waals surface area contributed by atoms with E-state index >= 15 is 0 Å². The summed E-state index contributed by atoms with van der Waals surface area (Å²) >= 11 is 0. The van der Waals surface area contributed by atoms with Gasteiger partial charge in [-0.3, -0.25) is 14.4 Å². The molecule has 0 aromatic heterocycles. The Morgan fingerprint density at radius 1 is 0.375 bits per heavy atom. The zero-order valence-electron chi connectivity index (χ0n) is 70.0. The number of allylic oxidation sites excluding steroid dienone is 6. The number of aliphatic hydroxyl groups is 17. The SMILES string of the molecule is COc1cc(CNC(=O)CCCC/C=C/C(C)C)ccc1O[C@@H]1O[C@H](CO)[C@@H](O)C[C@H]1O[C@@H]1C[C@H](CO)[C@@H](O)[C@H](O)[C@H]1O.COc1cc(CNC(=O)CCCC/C=C/C(C)C)ccc1O[C@@H]1O[C@H](CO)[C@@H](O)[C@H](O)[C@H]1O.COc1cc(CNC(=O)CCCC/C=C/C(C)C)ccc1O[C@@H]1O[C@H](CO)[C@@H](O)[C@H](O[C@@H]2O[C@H](CO)[C@@H](O)[C@H](O)[C@H]2O)[C@H]1O. The summed E-state index contributed by atoms with van der Waals surface area (Å²) in [5, 5.41) is 180. The predicted octanol–water partition coefficient (Wildman–Crippen LogP) is 1.13. The topological polar surface area (TPSA) is 542 Å². The number of amides is 3. The molecule has 0 bridgehead atoms. The Bertz CT molecular complexity index is 3550. The van der Waals surface area contributed by atoms with Crippen molar-refractivity contribution in [3.8, 4) is 34.5 Å². The Kier molecular flexibility index (Phi) is 44.8. The maximum atomic E-state index is 12.3. The van der Waals surface area contributed by atoms with Gasteiger partial charge in [0.2, 0.25) is 36.6 Å². The van der Waals surface area contributed by atoms with E-state index in [1.807, 2.05) is 0 Å². The third kappa shape index (κ3) is 31.7. The third-order valence-electron chi connectivity index (χ3n) is 20.7. The van der Waals surface area contributed by atoms with Crippen LogP contribution in [0, 0.1) is 23.7 Å². The Hall–Kier alpha value is -6.83. The minimum absolute atomic E-state index is 0.0119. The molecule has 0 unspecified atom stereocenters. The average molecular weight is 1710 g/mol. The number of hydrogen-bond donors (Lipinski definition) is 20. The molecule has 3 aromatic rings. The molecular weight excluding hydrogens is 1570 g/mol. The van der Waals surface area contributed by atoms with Crippen molar-refractivity contribution in [1.29, 1.82) is 0 Å². The molecule has 0 spiro atoms. The Morgan fingerprint density at radius 3 is 1.10 bits per heavy atom. The summed E-state index contributed by atoms with van der Waals surface area (Å²) in [6.45, 7) is 10.8. The number of aliphatic hydroxyl groups excluding tert-OH is 17. The Labute approximate surface area is 701 Å². The van der Waals surface area contributed by atoms with Crippen LogP contribution in [-0.2, 0) is 62.4 Å². The molecule has 4 heterocycles. The molecular formula is C85H133N3O32. The molecule has 1 saturated carbocycles. The molecule has 35 nitrogen and oxygen atoms in total. The number of unbranched alkanes of at least 4 members (excludes halogenated alkanes) is 6. The van der Waals surface area contributed by atoms with Gasteiger partial charge in [-0.05, 0) is 135 Å². The second-order valence-corrected chi connectivity index (χ2v) is 31.5. The molecule has 5 aliphatic rings. The first-order valence-corrected chi connectivity index (χ1v) is 41.3. The highest BCUT2D eigenvalue weighted by Crippen LogP contribution is 2.39.